The zero-order valence-electron chi connectivity index (χ0n) is 20.0. The Hall–Kier alpha value is -3.50. The van der Waals surface area contributed by atoms with Gasteiger partial charge in [0.1, 0.15) is 5.52 Å². The van der Waals surface area contributed by atoms with E-state index in [1.807, 2.05) is 25.4 Å². The topological polar surface area (TPSA) is 82.7 Å². The van der Waals surface area contributed by atoms with Gasteiger partial charge in [0, 0.05) is 88.1 Å². The molecule has 0 bridgehead atoms. The Morgan fingerprint density at radius 3 is 2.83 bits per heavy atom. The van der Waals surface area contributed by atoms with E-state index in [0.29, 0.717) is 28.5 Å². The summed E-state index contributed by atoms with van der Waals surface area (Å²) in [6.07, 6.45) is 6.50. The zero-order valence-corrected chi connectivity index (χ0v) is 20.0. The summed E-state index contributed by atoms with van der Waals surface area (Å²) < 4.78 is 17.8. The number of anilines is 2. The second-order valence-electron chi connectivity index (χ2n) is 9.52. The molecule has 0 spiro atoms. The number of halogens is 1. The van der Waals surface area contributed by atoms with Gasteiger partial charge in [0.15, 0.2) is 11.5 Å². The standard InChI is InChI=1S/C25H29FN8O/c1-16-12-34-13-17(11-21(26)24(34)28-16)29-25(35)19-3-4-22(20-15-31(2)30-23(19)20)33-8-5-18(14-33)32-9-6-27-7-10-32/h3-4,11-13,15,18,27H,5-10,14H2,1-2H3,(H,29,35)/t18-/m1/s1. The van der Waals surface area contributed by atoms with Crippen molar-refractivity contribution in [2.24, 2.45) is 7.05 Å². The number of nitrogens with one attached hydrogen (secondary N) is 2. The van der Waals surface area contributed by atoms with Gasteiger partial charge in [-0.1, -0.05) is 0 Å². The molecule has 1 amide bonds. The molecule has 6 rings (SSSR count). The normalized spacial score (nSPS) is 19.2. The zero-order chi connectivity index (χ0) is 24.1. The lowest BCUT2D eigenvalue weighted by Crippen LogP contribution is -2.49. The third kappa shape index (κ3) is 4.02. The van der Waals surface area contributed by atoms with Crippen molar-refractivity contribution < 1.29 is 9.18 Å². The summed E-state index contributed by atoms with van der Waals surface area (Å²) in [5, 5.41) is 11.8. The maximum Gasteiger partial charge on any atom is 0.257 e. The Balaban J connectivity index is 1.27. The second-order valence-corrected chi connectivity index (χ2v) is 9.52. The van der Waals surface area contributed by atoms with Crippen LogP contribution in [-0.4, -0.2) is 75.3 Å². The van der Waals surface area contributed by atoms with Gasteiger partial charge in [-0.3, -0.25) is 14.4 Å². The highest BCUT2D eigenvalue weighted by Gasteiger charge is 2.30. The molecule has 2 N–H and O–H groups in total. The van der Waals surface area contributed by atoms with Crippen LogP contribution in [0.15, 0.2) is 36.8 Å². The number of pyridine rings is 1. The van der Waals surface area contributed by atoms with Crippen LogP contribution in [0.5, 0.6) is 0 Å². The number of hydrogen-bond donors (Lipinski definition) is 2. The van der Waals surface area contributed by atoms with E-state index in [4.69, 9.17) is 0 Å². The number of piperazine rings is 1. The van der Waals surface area contributed by atoms with Crippen LogP contribution >= 0.6 is 0 Å². The largest absolute Gasteiger partial charge is 0.369 e. The number of imidazole rings is 1. The predicted octanol–water partition coefficient (Wildman–Crippen LogP) is 2.40. The molecule has 1 aromatic carbocycles. The summed E-state index contributed by atoms with van der Waals surface area (Å²) in [5.41, 5.74) is 3.52. The van der Waals surface area contributed by atoms with Crippen molar-refractivity contribution in [1.29, 1.82) is 0 Å². The molecule has 0 radical (unpaired) electrons. The Morgan fingerprint density at radius 2 is 2.00 bits per heavy atom. The smallest absolute Gasteiger partial charge is 0.257 e. The van der Waals surface area contributed by atoms with Gasteiger partial charge in [0.25, 0.3) is 5.91 Å². The predicted molar refractivity (Wildman–Crippen MR) is 134 cm³/mol. The van der Waals surface area contributed by atoms with Crippen molar-refractivity contribution in [2.45, 2.75) is 19.4 Å². The first-order chi connectivity index (χ1) is 17.0. The number of carbonyl (C=O) groups excluding carboxylic acids is 1. The number of benzene rings is 1. The Morgan fingerprint density at radius 1 is 1.17 bits per heavy atom. The minimum absolute atomic E-state index is 0.238. The summed E-state index contributed by atoms with van der Waals surface area (Å²) in [5.74, 6) is -0.807. The number of fused-ring (bicyclic) bond motifs is 2. The average Bonchev–Trinajstić information content (AvgIpc) is 3.56. The molecule has 3 aromatic heterocycles. The Labute approximate surface area is 202 Å². The molecule has 0 unspecified atom stereocenters. The van der Waals surface area contributed by atoms with Gasteiger partial charge in [0.05, 0.1) is 16.9 Å². The summed E-state index contributed by atoms with van der Waals surface area (Å²) in [6, 6.07) is 5.68. The average molecular weight is 477 g/mol. The number of rotatable bonds is 4. The summed E-state index contributed by atoms with van der Waals surface area (Å²) in [6.45, 7) is 8.02. The van der Waals surface area contributed by atoms with E-state index in [1.54, 1.807) is 28.4 Å². The number of amides is 1. The van der Waals surface area contributed by atoms with E-state index >= 15 is 0 Å². The lowest BCUT2D eigenvalue weighted by atomic mass is 10.1. The molecule has 0 aliphatic carbocycles. The monoisotopic (exact) mass is 476 g/mol. The molecule has 1 atom stereocenters. The van der Waals surface area contributed by atoms with Gasteiger partial charge in [-0.2, -0.15) is 5.10 Å². The third-order valence-electron chi connectivity index (χ3n) is 7.07. The van der Waals surface area contributed by atoms with E-state index in [-0.39, 0.29) is 11.6 Å². The molecule has 9 nitrogen and oxygen atoms in total. The Kier molecular flexibility index (Phi) is 5.42. The highest BCUT2D eigenvalue weighted by Crippen LogP contribution is 2.32. The van der Waals surface area contributed by atoms with Gasteiger partial charge >= 0.3 is 0 Å². The summed E-state index contributed by atoms with van der Waals surface area (Å²) in [4.78, 5) is 22.4. The van der Waals surface area contributed by atoms with Crippen molar-refractivity contribution in [1.82, 2.24) is 29.4 Å². The molecular formula is C25H29FN8O. The van der Waals surface area contributed by atoms with Crippen LogP contribution in [0.2, 0.25) is 0 Å². The van der Waals surface area contributed by atoms with Crippen molar-refractivity contribution in [2.75, 3.05) is 49.5 Å². The van der Waals surface area contributed by atoms with Crippen LogP contribution in [0.1, 0.15) is 22.5 Å². The van der Waals surface area contributed by atoms with Crippen LogP contribution in [0.25, 0.3) is 16.6 Å². The van der Waals surface area contributed by atoms with Crippen molar-refractivity contribution in [3.05, 3.63) is 53.9 Å². The number of nitrogens with zero attached hydrogens (tertiary/aromatic N) is 6. The van der Waals surface area contributed by atoms with Crippen LogP contribution in [0, 0.1) is 12.7 Å². The van der Waals surface area contributed by atoms with Crippen LogP contribution < -0.4 is 15.5 Å². The maximum absolute atomic E-state index is 14.5. The van der Waals surface area contributed by atoms with Crippen LogP contribution in [0.4, 0.5) is 15.8 Å². The van der Waals surface area contributed by atoms with Gasteiger partial charge < -0.3 is 19.9 Å². The first-order valence-electron chi connectivity index (χ1n) is 12.1. The first kappa shape index (κ1) is 22.0. The fraction of sp³-hybridized carbons (Fsp3) is 0.400. The van der Waals surface area contributed by atoms with E-state index in [1.165, 1.54) is 6.07 Å². The second kappa shape index (κ2) is 8.62. The first-order valence-corrected chi connectivity index (χ1v) is 12.1. The molecule has 182 valence electrons. The van der Waals surface area contributed by atoms with Crippen LogP contribution in [-0.2, 0) is 7.05 Å². The molecule has 0 saturated carbocycles. The van der Waals surface area contributed by atoms with E-state index < -0.39 is 5.82 Å². The van der Waals surface area contributed by atoms with Gasteiger partial charge in [-0.05, 0) is 25.5 Å². The summed E-state index contributed by atoms with van der Waals surface area (Å²) >= 11 is 0. The minimum atomic E-state index is -0.484. The highest BCUT2D eigenvalue weighted by atomic mass is 19.1. The fourth-order valence-electron chi connectivity index (χ4n) is 5.42. The SMILES string of the molecule is Cc1cn2cc(NC(=O)c3ccc(N4CC[C@@H](N5CCNCC5)C4)c4cn(C)nc34)cc(F)c2n1. The van der Waals surface area contributed by atoms with Crippen LogP contribution in [0.3, 0.4) is 0 Å². The lowest BCUT2D eigenvalue weighted by Gasteiger charge is -2.32. The molecule has 4 aromatic rings. The summed E-state index contributed by atoms with van der Waals surface area (Å²) in [7, 11) is 1.86. The molecule has 2 aliphatic rings. The number of carbonyl (C=O) groups is 1. The molecular weight excluding hydrogens is 447 g/mol. The molecule has 2 saturated heterocycles. The molecule has 10 heteroatoms. The highest BCUT2D eigenvalue weighted by molar-refractivity contribution is 6.13. The van der Waals surface area contributed by atoms with Crippen molar-refractivity contribution >= 4 is 33.8 Å². The van der Waals surface area contributed by atoms with E-state index in [2.05, 4.69) is 30.5 Å². The van der Waals surface area contributed by atoms with Gasteiger partial charge in [0.2, 0.25) is 0 Å². The number of aryl methyl sites for hydroxylation is 2. The number of aromatic nitrogens is 4. The quantitative estimate of drug-likeness (QED) is 0.471. The Bertz CT molecular complexity index is 1420. The molecule has 2 fully saturated rings. The van der Waals surface area contributed by atoms with Gasteiger partial charge in [-0.25, -0.2) is 9.37 Å². The fourth-order valence-corrected chi connectivity index (χ4v) is 5.42. The molecule has 5 heterocycles. The molecule has 35 heavy (non-hydrogen) atoms. The third-order valence-corrected chi connectivity index (χ3v) is 7.07. The van der Waals surface area contributed by atoms with E-state index in [0.717, 1.165) is 56.8 Å². The lowest BCUT2D eigenvalue weighted by molar-refractivity contribution is 0.102. The van der Waals surface area contributed by atoms with Crippen molar-refractivity contribution in [3.63, 3.8) is 0 Å². The van der Waals surface area contributed by atoms with Gasteiger partial charge in [-0.15, -0.1) is 0 Å². The van der Waals surface area contributed by atoms with E-state index in [9.17, 15) is 9.18 Å². The van der Waals surface area contributed by atoms with Crippen molar-refractivity contribution in [3.8, 4) is 0 Å². The number of hydrogen-bond acceptors (Lipinski definition) is 6. The molecule has 2 aliphatic heterocycles. The maximum atomic E-state index is 14.5. The minimum Gasteiger partial charge on any atom is -0.369 e.